The van der Waals surface area contributed by atoms with Crippen LogP contribution in [0.1, 0.15) is 24.5 Å². The van der Waals surface area contributed by atoms with Gasteiger partial charge in [-0.15, -0.1) is 0 Å². The smallest absolute Gasteiger partial charge is 0.163 e. The molecule has 0 saturated carbocycles. The third-order valence-corrected chi connectivity index (χ3v) is 4.85. The van der Waals surface area contributed by atoms with Crippen LogP contribution in [0.5, 0.6) is 0 Å². The Labute approximate surface area is 194 Å². The van der Waals surface area contributed by atoms with E-state index in [9.17, 15) is 0 Å². The van der Waals surface area contributed by atoms with Crippen molar-refractivity contribution in [2.24, 2.45) is 0 Å². The Morgan fingerprint density at radius 2 is 1.96 bits per heavy atom. The summed E-state index contributed by atoms with van der Waals surface area (Å²) in [6.45, 7) is 9.95. The van der Waals surface area contributed by atoms with Gasteiger partial charge in [-0.05, 0) is 32.4 Å². The van der Waals surface area contributed by atoms with E-state index in [0.29, 0.717) is 5.82 Å². The molecular formula is C17H25N4O3WY-. The van der Waals surface area contributed by atoms with Gasteiger partial charge in [-0.25, -0.2) is 9.97 Å². The Balaban J connectivity index is 0.00000169. The summed E-state index contributed by atoms with van der Waals surface area (Å²) >= 11 is 0. The first-order valence-electron chi connectivity index (χ1n) is 7.97. The Bertz CT molecular complexity index is 772. The molecule has 7 nitrogen and oxygen atoms in total. The van der Waals surface area contributed by atoms with E-state index in [0.717, 1.165) is 22.4 Å². The molecule has 0 amide bonds. The monoisotopic (exact) mass is 606 g/mol. The van der Waals surface area contributed by atoms with Crippen LogP contribution < -0.4 is 5.32 Å². The summed E-state index contributed by atoms with van der Waals surface area (Å²) in [6.07, 6.45) is 1.00. The SMILES string of the molecule is [CH2-]C1OC(n2cc(C)c3c(NC)nc(C)nc32)[C@](C)(OC)C1OC.[W].[Y]. The predicted molar refractivity (Wildman–Crippen MR) is 92.0 cm³/mol. The number of methoxy groups -OCH3 is 2. The summed E-state index contributed by atoms with van der Waals surface area (Å²) in [5, 5.41) is 4.12. The second kappa shape index (κ2) is 9.06. The van der Waals surface area contributed by atoms with Gasteiger partial charge in [-0.2, -0.15) is 0 Å². The van der Waals surface area contributed by atoms with E-state index in [4.69, 9.17) is 14.2 Å². The van der Waals surface area contributed by atoms with Gasteiger partial charge in [0.1, 0.15) is 22.9 Å². The van der Waals surface area contributed by atoms with Crippen molar-refractivity contribution in [1.29, 1.82) is 0 Å². The quantitative estimate of drug-likeness (QED) is 0.539. The number of hydrogen-bond acceptors (Lipinski definition) is 6. The van der Waals surface area contributed by atoms with Gasteiger partial charge < -0.3 is 31.0 Å². The normalized spacial score (nSPS) is 27.9. The zero-order valence-electron chi connectivity index (χ0n) is 16.1. The molecule has 26 heavy (non-hydrogen) atoms. The molecule has 0 aromatic carbocycles. The molecule has 0 bridgehead atoms. The second-order valence-electron chi connectivity index (χ2n) is 6.36. The van der Waals surface area contributed by atoms with E-state index in [1.165, 1.54) is 0 Å². The van der Waals surface area contributed by atoms with Crippen molar-refractivity contribution in [1.82, 2.24) is 14.5 Å². The molecular weight excluding hydrogens is 581 g/mol. The third-order valence-electron chi connectivity index (χ3n) is 4.85. The molecule has 1 aliphatic heterocycles. The van der Waals surface area contributed by atoms with Crippen LogP contribution in [-0.2, 0) is 68.0 Å². The maximum absolute atomic E-state index is 6.11. The van der Waals surface area contributed by atoms with Crippen LogP contribution in [0.2, 0.25) is 0 Å². The average molecular weight is 606 g/mol. The fourth-order valence-corrected chi connectivity index (χ4v) is 3.63. The summed E-state index contributed by atoms with van der Waals surface area (Å²) in [7, 11) is 5.17. The molecule has 3 unspecified atom stereocenters. The molecule has 141 valence electrons. The van der Waals surface area contributed by atoms with Gasteiger partial charge in [-0.3, -0.25) is 0 Å². The fraction of sp³-hybridized carbons (Fsp3) is 0.588. The predicted octanol–water partition coefficient (Wildman–Crippen LogP) is 2.24. The minimum atomic E-state index is -0.682. The summed E-state index contributed by atoms with van der Waals surface area (Å²) in [6, 6.07) is 0. The molecule has 1 N–H and O–H groups in total. The van der Waals surface area contributed by atoms with Crippen molar-refractivity contribution in [3.05, 3.63) is 24.5 Å². The van der Waals surface area contributed by atoms with Crippen LogP contribution in [0.25, 0.3) is 11.0 Å². The largest absolute Gasteiger partial charge is 0.381 e. The molecule has 2 aromatic rings. The number of aromatic nitrogens is 3. The summed E-state index contributed by atoms with van der Waals surface area (Å²) < 4.78 is 19.5. The Morgan fingerprint density at radius 1 is 1.31 bits per heavy atom. The van der Waals surface area contributed by atoms with Gasteiger partial charge >= 0.3 is 0 Å². The van der Waals surface area contributed by atoms with E-state index in [1.54, 1.807) is 14.2 Å². The van der Waals surface area contributed by atoms with Gasteiger partial charge in [0.25, 0.3) is 0 Å². The number of nitrogens with zero attached hydrogens (tertiary/aromatic N) is 3. The number of fused-ring (bicyclic) bond motifs is 1. The first-order chi connectivity index (χ1) is 11.4. The molecule has 3 rings (SSSR count). The van der Waals surface area contributed by atoms with Crippen molar-refractivity contribution in [3.8, 4) is 0 Å². The summed E-state index contributed by atoms with van der Waals surface area (Å²) in [4.78, 5) is 9.12. The Hall–Kier alpha value is 0.0922. The van der Waals surface area contributed by atoms with E-state index in [2.05, 4.69) is 22.2 Å². The number of aryl methyl sites for hydroxylation is 2. The molecule has 9 heteroatoms. The van der Waals surface area contributed by atoms with Crippen LogP contribution in [0.15, 0.2) is 6.20 Å². The van der Waals surface area contributed by atoms with E-state index < -0.39 is 11.8 Å². The summed E-state index contributed by atoms with van der Waals surface area (Å²) in [5.41, 5.74) is 1.19. The third kappa shape index (κ3) is 3.68. The van der Waals surface area contributed by atoms with Gasteiger partial charge in [0.15, 0.2) is 6.23 Å². The Morgan fingerprint density at radius 3 is 2.50 bits per heavy atom. The Kier molecular flexibility index (Phi) is 8.41. The van der Waals surface area contributed by atoms with Crippen LogP contribution >= 0.6 is 0 Å². The maximum Gasteiger partial charge on any atom is 0.163 e. The van der Waals surface area contributed by atoms with Crippen molar-refractivity contribution in [2.75, 3.05) is 26.6 Å². The molecule has 4 atom stereocenters. The molecule has 1 radical (unpaired) electrons. The number of nitrogens with one attached hydrogen (secondary N) is 1. The first kappa shape index (κ1) is 24.1. The fourth-order valence-electron chi connectivity index (χ4n) is 3.63. The van der Waals surface area contributed by atoms with E-state index in [1.807, 2.05) is 38.6 Å². The number of ether oxygens (including phenoxy) is 3. The van der Waals surface area contributed by atoms with Gasteiger partial charge in [-0.1, -0.05) is 0 Å². The molecule has 3 heterocycles. The second-order valence-corrected chi connectivity index (χ2v) is 6.36. The van der Waals surface area contributed by atoms with Crippen LogP contribution in [0.3, 0.4) is 0 Å². The molecule has 1 aliphatic rings. The van der Waals surface area contributed by atoms with Gasteiger partial charge in [0.05, 0.1) is 11.5 Å². The number of rotatable bonds is 4. The van der Waals surface area contributed by atoms with Gasteiger partial charge in [0, 0.05) is 81.2 Å². The van der Waals surface area contributed by atoms with Crippen LogP contribution in [0.4, 0.5) is 5.82 Å². The maximum atomic E-state index is 6.11. The number of anilines is 1. The topological polar surface area (TPSA) is 70.4 Å². The first-order valence-corrected chi connectivity index (χ1v) is 7.97. The number of hydrogen-bond donors (Lipinski definition) is 1. The van der Waals surface area contributed by atoms with Crippen molar-refractivity contribution < 1.29 is 68.0 Å². The molecule has 2 aromatic heterocycles. The van der Waals surface area contributed by atoms with Gasteiger partial charge in [0.2, 0.25) is 0 Å². The minimum absolute atomic E-state index is 0. The zero-order valence-corrected chi connectivity index (χ0v) is 21.8. The standard InChI is InChI=1S/C17H25N4O3.W.Y/c1-9-8-21(15-12(9)14(18-5)19-11(3)20-15)16-17(4,23-7)13(22-6)10(2)24-16;;/h8,10,13,16H,2H2,1,3-7H3,(H,18,19,20);;/q-1;;/t10?,13?,16?,17-;;/m1../s1. The minimum Gasteiger partial charge on any atom is -0.381 e. The van der Waals surface area contributed by atoms with E-state index >= 15 is 0 Å². The van der Waals surface area contributed by atoms with Crippen molar-refractivity contribution in [3.63, 3.8) is 0 Å². The van der Waals surface area contributed by atoms with Crippen molar-refractivity contribution >= 4 is 16.9 Å². The van der Waals surface area contributed by atoms with Crippen molar-refractivity contribution in [2.45, 2.75) is 44.8 Å². The van der Waals surface area contributed by atoms with E-state index in [-0.39, 0.29) is 66.0 Å². The summed E-state index contributed by atoms with van der Waals surface area (Å²) in [5.74, 6) is 1.50. The van der Waals surface area contributed by atoms with Crippen LogP contribution in [-0.4, -0.2) is 53.6 Å². The molecule has 0 aliphatic carbocycles. The average Bonchev–Trinajstić information content (AvgIpc) is 3.01. The molecule has 1 fully saturated rings. The zero-order chi connectivity index (χ0) is 17.6. The molecule has 1 saturated heterocycles. The molecule has 0 spiro atoms. The van der Waals surface area contributed by atoms with Crippen LogP contribution in [0, 0.1) is 20.8 Å².